The van der Waals surface area contributed by atoms with E-state index in [4.69, 9.17) is 31.9 Å². The van der Waals surface area contributed by atoms with Crippen molar-refractivity contribution in [3.05, 3.63) is 22.2 Å². The Morgan fingerprint density at radius 2 is 2.11 bits per heavy atom. The van der Waals surface area contributed by atoms with E-state index in [0.29, 0.717) is 28.5 Å². The highest BCUT2D eigenvalue weighted by molar-refractivity contribution is 6.32. The maximum absolute atomic E-state index is 10.8. The largest absolute Gasteiger partial charge is 0.493 e. The van der Waals surface area contributed by atoms with Gasteiger partial charge in [0.05, 0.1) is 25.7 Å². The number of carbonyl (C=O) groups is 1. The quantitative estimate of drug-likeness (QED) is 0.839. The molecule has 6 heteroatoms. The molecule has 0 aliphatic carbocycles. The molecule has 0 heterocycles. The standard InChI is InChI=1S/C13H18ClNO4/c1-4-7-5-9(18-2)13(19-3)11(12(7)14)8(15)6-10(16)17/h5,8H,4,6,15H2,1-3H3,(H,16,17). The van der Waals surface area contributed by atoms with Crippen molar-refractivity contribution in [1.82, 2.24) is 0 Å². The molecule has 0 bridgehead atoms. The van der Waals surface area contributed by atoms with Gasteiger partial charge in [-0.15, -0.1) is 0 Å². The molecular weight excluding hydrogens is 270 g/mol. The summed E-state index contributed by atoms with van der Waals surface area (Å²) in [6, 6.07) is 1.03. The van der Waals surface area contributed by atoms with Gasteiger partial charge in [-0.3, -0.25) is 4.79 Å². The summed E-state index contributed by atoms with van der Waals surface area (Å²) in [6.45, 7) is 1.94. The normalized spacial score (nSPS) is 12.1. The van der Waals surface area contributed by atoms with Crippen molar-refractivity contribution < 1.29 is 19.4 Å². The predicted molar refractivity (Wildman–Crippen MR) is 73.1 cm³/mol. The van der Waals surface area contributed by atoms with Gasteiger partial charge >= 0.3 is 5.97 Å². The van der Waals surface area contributed by atoms with E-state index < -0.39 is 12.0 Å². The monoisotopic (exact) mass is 287 g/mol. The van der Waals surface area contributed by atoms with E-state index >= 15 is 0 Å². The molecule has 0 amide bonds. The minimum Gasteiger partial charge on any atom is -0.493 e. The fourth-order valence-corrected chi connectivity index (χ4v) is 2.35. The molecule has 0 spiro atoms. The number of nitrogens with two attached hydrogens (primary N) is 1. The van der Waals surface area contributed by atoms with Crippen LogP contribution in [0.5, 0.6) is 11.5 Å². The minimum atomic E-state index is -0.994. The third kappa shape index (κ3) is 3.30. The molecule has 19 heavy (non-hydrogen) atoms. The summed E-state index contributed by atoms with van der Waals surface area (Å²) in [5.41, 5.74) is 7.24. The van der Waals surface area contributed by atoms with Gasteiger partial charge in [-0.25, -0.2) is 0 Å². The van der Waals surface area contributed by atoms with Crippen LogP contribution in [0.1, 0.15) is 30.5 Å². The van der Waals surface area contributed by atoms with E-state index in [-0.39, 0.29) is 6.42 Å². The second-order valence-electron chi connectivity index (χ2n) is 4.06. The molecular formula is C13H18ClNO4. The fourth-order valence-electron chi connectivity index (χ4n) is 1.93. The molecule has 1 atom stereocenters. The van der Waals surface area contributed by atoms with Crippen molar-refractivity contribution in [3.8, 4) is 11.5 Å². The van der Waals surface area contributed by atoms with Gasteiger partial charge in [0.2, 0.25) is 0 Å². The average molecular weight is 288 g/mol. The molecule has 1 unspecified atom stereocenters. The molecule has 0 aliphatic rings. The number of rotatable bonds is 6. The predicted octanol–water partition coefficient (Wildman–Crippen LogP) is 2.39. The third-order valence-corrected chi connectivity index (χ3v) is 3.31. The van der Waals surface area contributed by atoms with Gasteiger partial charge in [0.15, 0.2) is 11.5 Å². The van der Waals surface area contributed by atoms with Crippen LogP contribution < -0.4 is 15.2 Å². The zero-order chi connectivity index (χ0) is 14.6. The zero-order valence-corrected chi connectivity index (χ0v) is 12.0. The van der Waals surface area contributed by atoms with Gasteiger partial charge in [-0.2, -0.15) is 0 Å². The molecule has 0 saturated carbocycles. The molecule has 3 N–H and O–H groups in total. The topological polar surface area (TPSA) is 81.8 Å². The fraction of sp³-hybridized carbons (Fsp3) is 0.462. The lowest BCUT2D eigenvalue weighted by Gasteiger charge is -2.20. The Kier molecular flexibility index (Phi) is 5.44. The summed E-state index contributed by atoms with van der Waals surface area (Å²) >= 11 is 6.29. The first-order valence-electron chi connectivity index (χ1n) is 5.86. The van der Waals surface area contributed by atoms with Gasteiger partial charge in [0.25, 0.3) is 0 Å². The van der Waals surface area contributed by atoms with Crippen LogP contribution in [0.15, 0.2) is 6.07 Å². The highest BCUT2D eigenvalue weighted by Crippen LogP contribution is 2.42. The van der Waals surface area contributed by atoms with Crippen molar-refractivity contribution in [1.29, 1.82) is 0 Å². The van der Waals surface area contributed by atoms with Gasteiger partial charge in [0.1, 0.15) is 0 Å². The molecule has 0 fully saturated rings. The number of aliphatic carboxylic acids is 1. The first-order chi connectivity index (χ1) is 8.96. The third-order valence-electron chi connectivity index (χ3n) is 2.86. The van der Waals surface area contributed by atoms with Crippen molar-refractivity contribution in [2.75, 3.05) is 14.2 Å². The van der Waals surface area contributed by atoms with E-state index in [2.05, 4.69) is 0 Å². The maximum Gasteiger partial charge on any atom is 0.305 e. The molecule has 1 aromatic carbocycles. The summed E-state index contributed by atoms with van der Waals surface area (Å²) in [6.07, 6.45) is 0.457. The molecule has 0 radical (unpaired) electrons. The summed E-state index contributed by atoms with van der Waals surface area (Å²) in [4.78, 5) is 10.8. The van der Waals surface area contributed by atoms with Gasteiger partial charge in [-0.1, -0.05) is 18.5 Å². The molecule has 0 aliphatic heterocycles. The number of methoxy groups -OCH3 is 2. The summed E-state index contributed by atoms with van der Waals surface area (Å²) in [5.74, 6) is -0.107. The molecule has 0 saturated heterocycles. The smallest absolute Gasteiger partial charge is 0.305 e. The van der Waals surface area contributed by atoms with Crippen LogP contribution in [0.2, 0.25) is 5.02 Å². The lowest BCUT2D eigenvalue weighted by molar-refractivity contribution is -0.137. The van der Waals surface area contributed by atoms with Crippen LogP contribution in [-0.2, 0) is 11.2 Å². The molecule has 1 aromatic rings. The lowest BCUT2D eigenvalue weighted by atomic mass is 9.98. The first kappa shape index (κ1) is 15.6. The van der Waals surface area contributed by atoms with Crippen molar-refractivity contribution in [2.45, 2.75) is 25.8 Å². The average Bonchev–Trinajstić information content (AvgIpc) is 2.36. The van der Waals surface area contributed by atoms with Crippen molar-refractivity contribution in [3.63, 3.8) is 0 Å². The summed E-state index contributed by atoms with van der Waals surface area (Å²) in [5, 5.41) is 9.30. The Morgan fingerprint density at radius 1 is 1.47 bits per heavy atom. The van der Waals surface area contributed by atoms with Crippen molar-refractivity contribution in [2.24, 2.45) is 5.73 Å². The second kappa shape index (κ2) is 6.63. The van der Waals surface area contributed by atoms with Gasteiger partial charge in [0, 0.05) is 11.6 Å². The van der Waals surface area contributed by atoms with Crippen LogP contribution >= 0.6 is 11.6 Å². The maximum atomic E-state index is 10.8. The second-order valence-corrected chi connectivity index (χ2v) is 4.43. The Labute approximate surface area is 117 Å². The van der Waals surface area contributed by atoms with Gasteiger partial charge in [-0.05, 0) is 18.1 Å². The first-order valence-corrected chi connectivity index (χ1v) is 6.24. The number of hydrogen-bond acceptors (Lipinski definition) is 4. The summed E-state index contributed by atoms with van der Waals surface area (Å²) in [7, 11) is 2.98. The number of benzene rings is 1. The van der Waals surface area contributed by atoms with Gasteiger partial charge < -0.3 is 20.3 Å². The number of halogens is 1. The molecule has 5 nitrogen and oxygen atoms in total. The van der Waals surface area contributed by atoms with Crippen LogP contribution in [0, 0.1) is 0 Å². The molecule has 1 rings (SSSR count). The van der Waals surface area contributed by atoms with E-state index in [9.17, 15) is 4.79 Å². The minimum absolute atomic E-state index is 0.230. The number of carboxylic acids is 1. The lowest BCUT2D eigenvalue weighted by Crippen LogP contribution is -2.17. The van der Waals surface area contributed by atoms with Crippen LogP contribution in [0.3, 0.4) is 0 Å². The number of aryl methyl sites for hydroxylation is 1. The number of hydrogen-bond donors (Lipinski definition) is 2. The molecule has 0 aromatic heterocycles. The zero-order valence-electron chi connectivity index (χ0n) is 11.2. The van der Waals surface area contributed by atoms with E-state index in [1.54, 1.807) is 6.07 Å². The Bertz CT molecular complexity index is 476. The van der Waals surface area contributed by atoms with E-state index in [1.165, 1.54) is 14.2 Å². The van der Waals surface area contributed by atoms with Crippen LogP contribution in [-0.4, -0.2) is 25.3 Å². The van der Waals surface area contributed by atoms with Crippen molar-refractivity contribution >= 4 is 17.6 Å². The van der Waals surface area contributed by atoms with Crippen LogP contribution in [0.25, 0.3) is 0 Å². The van der Waals surface area contributed by atoms with Crippen LogP contribution in [0.4, 0.5) is 0 Å². The highest BCUT2D eigenvalue weighted by Gasteiger charge is 2.24. The summed E-state index contributed by atoms with van der Waals surface area (Å²) < 4.78 is 10.5. The highest BCUT2D eigenvalue weighted by atomic mass is 35.5. The number of carboxylic acid groups (broad SMARTS) is 1. The Morgan fingerprint density at radius 3 is 2.53 bits per heavy atom. The Hall–Kier alpha value is -1.46. The molecule has 106 valence electrons. The SMILES string of the molecule is CCc1cc(OC)c(OC)c(C(N)CC(=O)O)c1Cl. The Balaban J connectivity index is 3.43. The van der Waals surface area contributed by atoms with E-state index in [1.807, 2.05) is 6.92 Å². The number of ether oxygens (including phenoxy) is 2. The van der Waals surface area contributed by atoms with E-state index in [0.717, 1.165) is 5.56 Å².